The minimum absolute atomic E-state index is 0.579. The van der Waals surface area contributed by atoms with Gasteiger partial charge in [0.2, 0.25) is 0 Å². The van der Waals surface area contributed by atoms with Crippen molar-refractivity contribution in [2.45, 2.75) is 37.8 Å². The Balaban J connectivity index is 2.09. The Labute approximate surface area is 130 Å². The van der Waals surface area contributed by atoms with E-state index in [-0.39, 0.29) is 0 Å². The van der Waals surface area contributed by atoms with Crippen LogP contribution in [0.25, 0.3) is 0 Å². The van der Waals surface area contributed by atoms with Gasteiger partial charge in [-0.25, -0.2) is 0 Å². The number of ether oxygens (including phenoxy) is 1. The summed E-state index contributed by atoms with van der Waals surface area (Å²) in [5.74, 6) is 1.23. The second-order valence-electron chi connectivity index (χ2n) is 4.96. The van der Waals surface area contributed by atoms with Gasteiger partial charge in [-0.15, -0.1) is 11.8 Å². The molecule has 0 spiro atoms. The summed E-state index contributed by atoms with van der Waals surface area (Å²) >= 11 is 1.64. The Hall–Kier alpha value is -1.46. The summed E-state index contributed by atoms with van der Waals surface area (Å²) < 4.78 is 7.15. The molecule has 5 heteroatoms. The van der Waals surface area contributed by atoms with Crippen LogP contribution in [0.1, 0.15) is 30.7 Å². The van der Waals surface area contributed by atoms with Crippen LogP contribution in [-0.2, 0) is 6.54 Å². The highest BCUT2D eigenvalue weighted by molar-refractivity contribution is 7.99. The van der Waals surface area contributed by atoms with Crippen LogP contribution in [0.3, 0.4) is 0 Å². The van der Waals surface area contributed by atoms with Crippen molar-refractivity contribution in [1.29, 1.82) is 0 Å². The number of methoxy groups -OCH3 is 1. The summed E-state index contributed by atoms with van der Waals surface area (Å²) in [4.78, 5) is 1.16. The van der Waals surface area contributed by atoms with Crippen LogP contribution in [-0.4, -0.2) is 27.7 Å². The molecule has 114 valence electrons. The third-order valence-corrected chi connectivity index (χ3v) is 4.28. The second kappa shape index (κ2) is 7.52. The van der Waals surface area contributed by atoms with E-state index in [9.17, 15) is 5.11 Å². The minimum atomic E-state index is -0.598. The van der Waals surface area contributed by atoms with E-state index < -0.39 is 6.10 Å². The first kappa shape index (κ1) is 15.9. The highest BCUT2D eigenvalue weighted by atomic mass is 32.2. The molecule has 0 aliphatic heterocycles. The summed E-state index contributed by atoms with van der Waals surface area (Å²) in [7, 11) is 1.61. The van der Waals surface area contributed by atoms with E-state index in [2.05, 4.69) is 37.1 Å². The number of benzene rings is 1. The molecule has 1 heterocycles. The Morgan fingerprint density at radius 1 is 1.43 bits per heavy atom. The zero-order chi connectivity index (χ0) is 15.2. The Morgan fingerprint density at radius 2 is 2.24 bits per heavy atom. The molecule has 2 aromatic rings. The molecule has 0 fully saturated rings. The summed E-state index contributed by atoms with van der Waals surface area (Å²) in [6, 6.07) is 8.29. The normalized spacial score (nSPS) is 12.4. The number of hydrogen-bond acceptors (Lipinski definition) is 4. The molecule has 1 N–H and O–H groups in total. The van der Waals surface area contributed by atoms with Gasteiger partial charge in [-0.1, -0.05) is 24.6 Å². The van der Waals surface area contributed by atoms with Gasteiger partial charge >= 0.3 is 0 Å². The molecule has 1 unspecified atom stereocenters. The van der Waals surface area contributed by atoms with Gasteiger partial charge in [-0.2, -0.15) is 5.10 Å². The predicted octanol–water partition coefficient (Wildman–Crippen LogP) is 3.44. The molecule has 0 bridgehead atoms. The standard InChI is InChI=1S/C16H22N2O2S/c1-4-8-18-16(15(20-3)10-17-18)14(19)11-21-13-7-5-6-12(2)9-13/h5-7,9-10,14,19H,4,8,11H2,1-3H3. The highest BCUT2D eigenvalue weighted by Gasteiger charge is 2.19. The molecule has 0 amide bonds. The molecule has 2 rings (SSSR count). The first-order valence-corrected chi connectivity index (χ1v) is 8.11. The number of rotatable bonds is 7. The van der Waals surface area contributed by atoms with E-state index in [4.69, 9.17) is 4.74 Å². The molecule has 1 aromatic heterocycles. The van der Waals surface area contributed by atoms with Crippen LogP contribution in [0.2, 0.25) is 0 Å². The molecule has 0 aliphatic rings. The first-order chi connectivity index (χ1) is 10.2. The summed E-state index contributed by atoms with van der Waals surface area (Å²) in [6.07, 6.45) is 2.04. The fraction of sp³-hybridized carbons (Fsp3) is 0.438. The molecule has 1 aromatic carbocycles. The lowest BCUT2D eigenvalue weighted by atomic mass is 10.2. The monoisotopic (exact) mass is 306 g/mol. The number of nitrogens with zero attached hydrogens (tertiary/aromatic N) is 2. The van der Waals surface area contributed by atoms with Crippen molar-refractivity contribution < 1.29 is 9.84 Å². The zero-order valence-corrected chi connectivity index (χ0v) is 13.6. The molecule has 21 heavy (non-hydrogen) atoms. The fourth-order valence-electron chi connectivity index (χ4n) is 2.22. The highest BCUT2D eigenvalue weighted by Crippen LogP contribution is 2.30. The van der Waals surface area contributed by atoms with E-state index >= 15 is 0 Å². The van der Waals surface area contributed by atoms with Crippen molar-refractivity contribution in [2.75, 3.05) is 12.9 Å². The molecule has 0 aliphatic carbocycles. The maximum absolute atomic E-state index is 10.5. The zero-order valence-electron chi connectivity index (χ0n) is 12.7. The molecular weight excluding hydrogens is 284 g/mol. The average Bonchev–Trinajstić information content (AvgIpc) is 2.88. The van der Waals surface area contributed by atoms with Gasteiger partial charge in [-0.05, 0) is 25.5 Å². The van der Waals surface area contributed by atoms with Crippen molar-refractivity contribution in [3.63, 3.8) is 0 Å². The maximum atomic E-state index is 10.5. The lowest BCUT2D eigenvalue weighted by Crippen LogP contribution is -2.11. The molecule has 0 saturated heterocycles. The lowest BCUT2D eigenvalue weighted by Gasteiger charge is -2.14. The van der Waals surface area contributed by atoms with Gasteiger partial charge in [0.1, 0.15) is 11.8 Å². The third-order valence-electron chi connectivity index (χ3n) is 3.21. The Bertz CT molecular complexity index is 583. The van der Waals surface area contributed by atoms with Crippen molar-refractivity contribution in [2.24, 2.45) is 0 Å². The van der Waals surface area contributed by atoms with Gasteiger partial charge in [-0.3, -0.25) is 4.68 Å². The quantitative estimate of drug-likeness (QED) is 0.796. The fourth-order valence-corrected chi connectivity index (χ4v) is 3.17. The largest absolute Gasteiger partial charge is 0.493 e. The summed E-state index contributed by atoms with van der Waals surface area (Å²) in [6.45, 7) is 4.94. The Kier molecular flexibility index (Phi) is 5.70. The van der Waals surface area contributed by atoms with Gasteiger partial charge < -0.3 is 9.84 Å². The van der Waals surface area contributed by atoms with E-state index in [1.165, 1.54) is 5.56 Å². The van der Waals surface area contributed by atoms with E-state index in [1.54, 1.807) is 25.1 Å². The van der Waals surface area contributed by atoms with Gasteiger partial charge in [0, 0.05) is 17.2 Å². The summed E-state index contributed by atoms with van der Waals surface area (Å²) in [5, 5.41) is 14.8. The number of thioether (sulfide) groups is 1. The average molecular weight is 306 g/mol. The van der Waals surface area contributed by atoms with E-state index in [0.29, 0.717) is 11.5 Å². The van der Waals surface area contributed by atoms with Gasteiger partial charge in [0.15, 0.2) is 5.75 Å². The van der Waals surface area contributed by atoms with Crippen molar-refractivity contribution in [3.05, 3.63) is 41.7 Å². The van der Waals surface area contributed by atoms with E-state index in [1.807, 2.05) is 10.7 Å². The number of aliphatic hydroxyl groups is 1. The number of aryl methyl sites for hydroxylation is 2. The number of aliphatic hydroxyl groups excluding tert-OH is 1. The predicted molar refractivity (Wildman–Crippen MR) is 85.9 cm³/mol. The lowest BCUT2D eigenvalue weighted by molar-refractivity contribution is 0.186. The molecule has 0 radical (unpaired) electrons. The SMILES string of the molecule is CCCn1ncc(OC)c1C(O)CSc1cccc(C)c1. The molecule has 4 nitrogen and oxygen atoms in total. The number of aromatic nitrogens is 2. The molecule has 0 saturated carbocycles. The van der Waals surface area contributed by atoms with Gasteiger partial charge in [0.25, 0.3) is 0 Å². The van der Waals surface area contributed by atoms with Gasteiger partial charge in [0.05, 0.1) is 13.3 Å². The first-order valence-electron chi connectivity index (χ1n) is 7.13. The third kappa shape index (κ3) is 4.02. The minimum Gasteiger partial charge on any atom is -0.493 e. The number of hydrogen-bond donors (Lipinski definition) is 1. The van der Waals surface area contributed by atoms with Crippen LogP contribution < -0.4 is 4.74 Å². The van der Waals surface area contributed by atoms with Crippen molar-refractivity contribution in [3.8, 4) is 5.75 Å². The van der Waals surface area contributed by atoms with E-state index in [0.717, 1.165) is 23.6 Å². The van der Waals surface area contributed by atoms with Crippen LogP contribution in [0, 0.1) is 6.92 Å². The smallest absolute Gasteiger partial charge is 0.162 e. The van der Waals surface area contributed by atoms with Crippen LogP contribution >= 0.6 is 11.8 Å². The topological polar surface area (TPSA) is 47.3 Å². The maximum Gasteiger partial charge on any atom is 0.162 e. The Morgan fingerprint density at radius 3 is 2.90 bits per heavy atom. The summed E-state index contributed by atoms with van der Waals surface area (Å²) in [5.41, 5.74) is 1.99. The van der Waals surface area contributed by atoms with Crippen LogP contribution in [0.5, 0.6) is 5.75 Å². The van der Waals surface area contributed by atoms with Crippen LogP contribution in [0.4, 0.5) is 0 Å². The van der Waals surface area contributed by atoms with Crippen molar-refractivity contribution >= 4 is 11.8 Å². The van der Waals surface area contributed by atoms with Crippen molar-refractivity contribution in [1.82, 2.24) is 9.78 Å². The van der Waals surface area contributed by atoms with Crippen LogP contribution in [0.15, 0.2) is 35.4 Å². The molecule has 1 atom stereocenters. The second-order valence-corrected chi connectivity index (χ2v) is 6.06. The molecular formula is C16H22N2O2S.